The summed E-state index contributed by atoms with van der Waals surface area (Å²) in [5, 5.41) is 4.69. The van der Waals surface area contributed by atoms with E-state index in [2.05, 4.69) is 46.3 Å². The predicted octanol–water partition coefficient (Wildman–Crippen LogP) is 3.13. The minimum atomic E-state index is -0.165. The number of likely N-dealkylation sites (tertiary alicyclic amines) is 1. The van der Waals surface area contributed by atoms with Gasteiger partial charge in [-0.25, -0.2) is 4.39 Å². The van der Waals surface area contributed by atoms with E-state index in [0.717, 1.165) is 38.4 Å². The van der Waals surface area contributed by atoms with E-state index in [-0.39, 0.29) is 5.82 Å². The minimum Gasteiger partial charge on any atom is -0.299 e. The first-order chi connectivity index (χ1) is 13.6. The zero-order valence-electron chi connectivity index (χ0n) is 17.2. The van der Waals surface area contributed by atoms with E-state index in [4.69, 9.17) is 0 Å². The number of hydrazine groups is 1. The first-order valence-corrected chi connectivity index (χ1v) is 10.6. The Kier molecular flexibility index (Phi) is 5.80. The Bertz CT molecular complexity index is 800. The van der Waals surface area contributed by atoms with Crippen molar-refractivity contribution in [2.24, 2.45) is 5.92 Å². The Morgan fingerprint density at radius 1 is 1.21 bits per heavy atom. The predicted molar refractivity (Wildman–Crippen MR) is 109 cm³/mol. The van der Waals surface area contributed by atoms with E-state index in [1.807, 2.05) is 12.1 Å². The second-order valence-electron chi connectivity index (χ2n) is 8.31. The van der Waals surface area contributed by atoms with Crippen LogP contribution >= 0.6 is 0 Å². The van der Waals surface area contributed by atoms with Gasteiger partial charge in [-0.05, 0) is 63.8 Å². The van der Waals surface area contributed by atoms with E-state index in [0.29, 0.717) is 17.9 Å². The first-order valence-electron chi connectivity index (χ1n) is 10.6. The summed E-state index contributed by atoms with van der Waals surface area (Å²) in [7, 11) is 0. The maximum absolute atomic E-state index is 13.3. The Morgan fingerprint density at radius 3 is 2.71 bits per heavy atom. The second kappa shape index (κ2) is 8.31. The van der Waals surface area contributed by atoms with Gasteiger partial charge < -0.3 is 0 Å². The summed E-state index contributed by atoms with van der Waals surface area (Å²) in [6.07, 6.45) is 2.46. The van der Waals surface area contributed by atoms with Crippen molar-refractivity contribution in [3.8, 4) is 0 Å². The maximum atomic E-state index is 13.3. The third kappa shape index (κ3) is 3.86. The van der Waals surface area contributed by atoms with Crippen LogP contribution in [0.1, 0.15) is 48.2 Å². The number of rotatable bonds is 5. The molecular formula is C22H32FN5. The van der Waals surface area contributed by atoms with Crippen molar-refractivity contribution >= 4 is 0 Å². The fraction of sp³-hybridized carbons (Fsp3) is 0.591. The molecule has 1 aromatic heterocycles. The molecule has 0 radical (unpaired) electrons. The van der Waals surface area contributed by atoms with Crippen molar-refractivity contribution in [3.63, 3.8) is 0 Å². The largest absolute Gasteiger partial charge is 0.299 e. The lowest BCUT2D eigenvalue weighted by Gasteiger charge is -2.37. The minimum absolute atomic E-state index is 0.165. The molecule has 28 heavy (non-hydrogen) atoms. The van der Waals surface area contributed by atoms with E-state index in [9.17, 15) is 4.39 Å². The van der Waals surface area contributed by atoms with E-state index < -0.39 is 0 Å². The number of nitrogens with zero attached hydrogens (tertiary/aromatic N) is 3. The van der Waals surface area contributed by atoms with Gasteiger partial charge in [0.15, 0.2) is 0 Å². The van der Waals surface area contributed by atoms with Crippen molar-refractivity contribution in [2.75, 3.05) is 19.6 Å². The van der Waals surface area contributed by atoms with Gasteiger partial charge >= 0.3 is 0 Å². The fourth-order valence-corrected chi connectivity index (χ4v) is 5.02. The standard InChI is InChI=1S/C22H32FN5/c1-4-28-16(3)21(15(2)26-28)14-27-11-5-6-18(13-27)22-20(12-24-25-22)17-7-9-19(23)10-8-17/h7-10,18,20,22,24-25H,4-6,11-14H2,1-3H3. The van der Waals surface area contributed by atoms with Crippen molar-refractivity contribution in [1.29, 1.82) is 0 Å². The maximum Gasteiger partial charge on any atom is 0.123 e. The molecule has 0 amide bonds. The van der Waals surface area contributed by atoms with Crippen molar-refractivity contribution in [2.45, 2.75) is 58.7 Å². The van der Waals surface area contributed by atoms with Crippen molar-refractivity contribution in [3.05, 3.63) is 52.6 Å². The number of benzene rings is 1. The lowest BCUT2D eigenvalue weighted by Crippen LogP contribution is -2.46. The van der Waals surface area contributed by atoms with Crippen LogP contribution in [-0.4, -0.2) is 40.4 Å². The van der Waals surface area contributed by atoms with Crippen LogP contribution in [0.3, 0.4) is 0 Å². The molecular weight excluding hydrogens is 353 g/mol. The molecule has 4 rings (SSSR count). The van der Waals surface area contributed by atoms with Crippen LogP contribution in [0.2, 0.25) is 0 Å². The molecule has 2 aromatic rings. The van der Waals surface area contributed by atoms with Crippen LogP contribution in [0.15, 0.2) is 24.3 Å². The SMILES string of the molecule is CCn1nc(C)c(CN2CCCC(C3NNCC3c3ccc(F)cc3)C2)c1C. The van der Waals surface area contributed by atoms with Crippen molar-refractivity contribution in [1.82, 2.24) is 25.5 Å². The number of aromatic nitrogens is 2. The molecule has 3 unspecified atom stereocenters. The van der Waals surface area contributed by atoms with Crippen LogP contribution in [0.4, 0.5) is 4.39 Å². The van der Waals surface area contributed by atoms with Crippen LogP contribution in [0.25, 0.3) is 0 Å². The number of hydrogen-bond acceptors (Lipinski definition) is 4. The van der Waals surface area contributed by atoms with Crippen LogP contribution in [0.5, 0.6) is 0 Å². The van der Waals surface area contributed by atoms with Crippen LogP contribution < -0.4 is 10.9 Å². The highest BCUT2D eigenvalue weighted by molar-refractivity contribution is 5.26. The summed E-state index contributed by atoms with van der Waals surface area (Å²) in [6.45, 7) is 11.5. The highest BCUT2D eigenvalue weighted by Crippen LogP contribution is 2.32. The van der Waals surface area contributed by atoms with Gasteiger partial charge in [0, 0.05) is 49.4 Å². The monoisotopic (exact) mass is 385 g/mol. The molecule has 6 heteroatoms. The average Bonchev–Trinajstić information content (AvgIpc) is 3.29. The Morgan fingerprint density at radius 2 is 2.00 bits per heavy atom. The van der Waals surface area contributed by atoms with Crippen LogP contribution in [-0.2, 0) is 13.1 Å². The topological polar surface area (TPSA) is 45.1 Å². The summed E-state index contributed by atoms with van der Waals surface area (Å²) in [5.74, 6) is 0.805. The number of nitrogens with one attached hydrogen (secondary N) is 2. The zero-order chi connectivity index (χ0) is 19.7. The number of piperidine rings is 1. The summed E-state index contributed by atoms with van der Waals surface area (Å²) in [6, 6.07) is 7.42. The average molecular weight is 386 g/mol. The molecule has 5 nitrogen and oxygen atoms in total. The molecule has 0 bridgehead atoms. The summed E-state index contributed by atoms with van der Waals surface area (Å²) in [5.41, 5.74) is 11.9. The molecule has 3 atom stereocenters. The van der Waals surface area contributed by atoms with E-state index in [1.165, 1.54) is 29.7 Å². The van der Waals surface area contributed by atoms with Gasteiger partial charge in [0.1, 0.15) is 5.82 Å². The third-order valence-corrected chi connectivity index (χ3v) is 6.58. The highest BCUT2D eigenvalue weighted by atomic mass is 19.1. The molecule has 2 N–H and O–H groups in total. The van der Waals surface area contributed by atoms with Gasteiger partial charge in [0.2, 0.25) is 0 Å². The van der Waals surface area contributed by atoms with Gasteiger partial charge in [-0.3, -0.25) is 20.4 Å². The smallest absolute Gasteiger partial charge is 0.123 e. The van der Waals surface area contributed by atoms with Gasteiger partial charge in [-0.2, -0.15) is 5.10 Å². The number of halogens is 1. The van der Waals surface area contributed by atoms with Gasteiger partial charge in [-0.15, -0.1) is 0 Å². The molecule has 2 aliphatic rings. The Hall–Kier alpha value is -1.76. The fourth-order valence-electron chi connectivity index (χ4n) is 5.02. The normalized spacial score (nSPS) is 26.1. The summed E-state index contributed by atoms with van der Waals surface area (Å²) < 4.78 is 15.4. The van der Waals surface area contributed by atoms with Crippen LogP contribution in [0, 0.1) is 25.6 Å². The number of aryl methyl sites for hydroxylation is 2. The molecule has 3 heterocycles. The molecule has 2 saturated heterocycles. The van der Waals surface area contributed by atoms with Gasteiger partial charge in [0.05, 0.1) is 5.69 Å². The first kappa shape index (κ1) is 19.6. The lowest BCUT2D eigenvalue weighted by molar-refractivity contribution is 0.139. The van der Waals surface area contributed by atoms with Crippen molar-refractivity contribution < 1.29 is 4.39 Å². The van der Waals surface area contributed by atoms with E-state index >= 15 is 0 Å². The molecule has 0 spiro atoms. The van der Waals surface area contributed by atoms with E-state index in [1.54, 1.807) is 12.1 Å². The molecule has 152 valence electrons. The summed E-state index contributed by atoms with van der Waals surface area (Å²) in [4.78, 5) is 2.59. The molecule has 1 aromatic carbocycles. The Balaban J connectivity index is 1.46. The molecule has 2 aliphatic heterocycles. The number of hydrogen-bond donors (Lipinski definition) is 2. The molecule has 2 fully saturated rings. The Labute approximate surface area is 167 Å². The lowest BCUT2D eigenvalue weighted by atomic mass is 9.81. The molecule has 0 aliphatic carbocycles. The van der Waals surface area contributed by atoms with Gasteiger partial charge in [0.25, 0.3) is 0 Å². The van der Waals surface area contributed by atoms with Gasteiger partial charge in [-0.1, -0.05) is 12.1 Å². The highest BCUT2D eigenvalue weighted by Gasteiger charge is 2.36. The third-order valence-electron chi connectivity index (χ3n) is 6.58. The molecule has 0 saturated carbocycles. The summed E-state index contributed by atoms with van der Waals surface area (Å²) >= 11 is 0. The zero-order valence-corrected chi connectivity index (χ0v) is 17.2. The second-order valence-corrected chi connectivity index (χ2v) is 8.31. The quantitative estimate of drug-likeness (QED) is 0.830.